The molecule has 1 saturated carbocycles. The van der Waals surface area contributed by atoms with E-state index < -0.39 is 0 Å². The van der Waals surface area contributed by atoms with E-state index in [1.54, 1.807) is 22.8 Å². The molecule has 0 atom stereocenters. The third-order valence-electron chi connectivity index (χ3n) is 6.02. The zero-order valence-corrected chi connectivity index (χ0v) is 16.8. The van der Waals surface area contributed by atoms with Crippen LogP contribution in [0.4, 0.5) is 5.82 Å². The smallest absolute Gasteiger partial charge is 0.261 e. The molecule has 4 heterocycles. The fourth-order valence-corrected chi connectivity index (χ4v) is 3.89. The van der Waals surface area contributed by atoms with Gasteiger partial charge < -0.3 is 14.5 Å². The van der Waals surface area contributed by atoms with Crippen molar-refractivity contribution in [3.05, 3.63) is 29.7 Å². The topological polar surface area (TPSA) is 93.7 Å². The van der Waals surface area contributed by atoms with Gasteiger partial charge in [-0.3, -0.25) is 9.48 Å². The Labute approximate surface area is 168 Å². The van der Waals surface area contributed by atoms with Gasteiger partial charge in [0.15, 0.2) is 11.5 Å². The number of methoxy groups -OCH3 is 1. The fourth-order valence-electron chi connectivity index (χ4n) is 3.89. The summed E-state index contributed by atoms with van der Waals surface area (Å²) < 4.78 is 8.69. The van der Waals surface area contributed by atoms with Gasteiger partial charge in [0.25, 0.3) is 5.91 Å². The van der Waals surface area contributed by atoms with Gasteiger partial charge in [-0.05, 0) is 25.0 Å². The van der Waals surface area contributed by atoms with Crippen molar-refractivity contribution in [2.45, 2.75) is 31.2 Å². The Morgan fingerprint density at radius 2 is 2.00 bits per heavy atom. The van der Waals surface area contributed by atoms with Crippen molar-refractivity contribution in [1.29, 1.82) is 0 Å². The number of rotatable bonds is 5. The number of likely N-dealkylation sites (N-methyl/N-ethyl adjacent to an activating group) is 1. The lowest BCUT2D eigenvalue weighted by Gasteiger charge is -2.44. The number of hydrogen-bond donors (Lipinski definition) is 0. The van der Waals surface area contributed by atoms with Gasteiger partial charge in [-0.15, -0.1) is 20.4 Å². The van der Waals surface area contributed by atoms with E-state index in [0.29, 0.717) is 17.4 Å². The van der Waals surface area contributed by atoms with Crippen LogP contribution >= 0.6 is 0 Å². The summed E-state index contributed by atoms with van der Waals surface area (Å²) in [4.78, 5) is 16.8. The molecule has 2 fully saturated rings. The number of carbonyl (C=O) groups excluding carboxylic acids is 1. The highest BCUT2D eigenvalue weighted by Gasteiger charge is 2.35. The summed E-state index contributed by atoms with van der Waals surface area (Å²) in [5.41, 5.74) is 1.26. The van der Waals surface area contributed by atoms with Crippen molar-refractivity contribution in [2.24, 2.45) is 7.05 Å². The second-order valence-electron chi connectivity index (χ2n) is 7.85. The standard InChI is InChI=1S/C19H24N8O2/c1-24-11-14(18(23-24)29-3)19(28)25(2)13-9-26(10-13)16-8-7-15-20-21-17(27(15)22-16)12-5-4-6-12/h7-8,11-13H,4-6,9-10H2,1-3H3. The molecule has 0 N–H and O–H groups in total. The zero-order valence-electron chi connectivity index (χ0n) is 16.8. The quantitative estimate of drug-likeness (QED) is 0.637. The molecule has 5 rings (SSSR count). The van der Waals surface area contributed by atoms with E-state index in [1.165, 1.54) is 13.5 Å². The molecular weight excluding hydrogens is 372 g/mol. The van der Waals surface area contributed by atoms with E-state index in [4.69, 9.17) is 9.84 Å². The van der Waals surface area contributed by atoms with Gasteiger partial charge in [-0.25, -0.2) is 0 Å². The Balaban J connectivity index is 1.29. The predicted molar refractivity (Wildman–Crippen MR) is 105 cm³/mol. The van der Waals surface area contributed by atoms with Crippen LogP contribution in [0.1, 0.15) is 41.4 Å². The summed E-state index contributed by atoms with van der Waals surface area (Å²) in [5.74, 6) is 2.57. The number of aryl methyl sites for hydroxylation is 1. The first-order chi connectivity index (χ1) is 14.0. The average Bonchev–Trinajstić information content (AvgIpc) is 3.22. The number of hydrogen-bond acceptors (Lipinski definition) is 7. The SMILES string of the molecule is COc1nn(C)cc1C(=O)N(C)C1CN(c2ccc3nnc(C4CCC4)n3n2)C1. The number of anilines is 1. The lowest BCUT2D eigenvalue weighted by atomic mass is 9.85. The van der Waals surface area contributed by atoms with Gasteiger partial charge in [0.05, 0.1) is 13.2 Å². The minimum atomic E-state index is -0.0888. The highest BCUT2D eigenvalue weighted by atomic mass is 16.5. The number of fused-ring (bicyclic) bond motifs is 1. The first kappa shape index (κ1) is 17.9. The van der Waals surface area contributed by atoms with Crippen LogP contribution in [0.25, 0.3) is 5.65 Å². The van der Waals surface area contributed by atoms with Crippen LogP contribution in [0.5, 0.6) is 5.88 Å². The molecule has 0 spiro atoms. The van der Waals surface area contributed by atoms with Crippen LogP contribution in [-0.4, -0.2) is 73.7 Å². The molecule has 0 aromatic carbocycles. The Hall–Kier alpha value is -3.17. The Kier molecular flexibility index (Phi) is 4.14. The minimum Gasteiger partial charge on any atom is -0.479 e. The molecule has 1 aliphatic carbocycles. The molecule has 0 unspecified atom stereocenters. The highest BCUT2D eigenvalue weighted by Crippen LogP contribution is 2.35. The lowest BCUT2D eigenvalue weighted by Crippen LogP contribution is -2.60. The van der Waals surface area contributed by atoms with Crippen LogP contribution in [0.2, 0.25) is 0 Å². The molecule has 3 aromatic rings. The first-order valence-electron chi connectivity index (χ1n) is 9.87. The zero-order chi connectivity index (χ0) is 20.1. The lowest BCUT2D eigenvalue weighted by molar-refractivity contribution is 0.0701. The summed E-state index contributed by atoms with van der Waals surface area (Å²) in [6, 6.07) is 4.04. The third kappa shape index (κ3) is 2.90. The highest BCUT2D eigenvalue weighted by molar-refractivity contribution is 5.96. The van der Waals surface area contributed by atoms with E-state index in [-0.39, 0.29) is 11.9 Å². The summed E-state index contributed by atoms with van der Waals surface area (Å²) >= 11 is 0. The van der Waals surface area contributed by atoms with E-state index >= 15 is 0 Å². The number of ether oxygens (including phenoxy) is 1. The van der Waals surface area contributed by atoms with Crippen LogP contribution in [0.3, 0.4) is 0 Å². The monoisotopic (exact) mass is 396 g/mol. The second-order valence-corrected chi connectivity index (χ2v) is 7.85. The van der Waals surface area contributed by atoms with Gasteiger partial charge in [-0.1, -0.05) is 6.42 Å². The molecule has 3 aromatic heterocycles. The third-order valence-corrected chi connectivity index (χ3v) is 6.02. The van der Waals surface area contributed by atoms with Crippen LogP contribution in [0, 0.1) is 0 Å². The van der Waals surface area contributed by atoms with E-state index in [1.807, 2.05) is 23.7 Å². The Bertz CT molecular complexity index is 1060. The van der Waals surface area contributed by atoms with Crippen LogP contribution < -0.4 is 9.64 Å². The van der Waals surface area contributed by atoms with Crippen molar-refractivity contribution >= 4 is 17.4 Å². The molecule has 1 aliphatic heterocycles. The maximum Gasteiger partial charge on any atom is 0.261 e. The largest absolute Gasteiger partial charge is 0.479 e. The molecular formula is C19H24N8O2. The van der Waals surface area contributed by atoms with Crippen LogP contribution in [-0.2, 0) is 7.05 Å². The van der Waals surface area contributed by atoms with Gasteiger partial charge in [0.1, 0.15) is 11.4 Å². The van der Waals surface area contributed by atoms with Gasteiger partial charge in [0, 0.05) is 39.3 Å². The maximum absolute atomic E-state index is 12.9. The Morgan fingerprint density at radius 3 is 2.69 bits per heavy atom. The Morgan fingerprint density at radius 1 is 1.21 bits per heavy atom. The molecule has 29 heavy (non-hydrogen) atoms. The van der Waals surface area contributed by atoms with E-state index in [0.717, 1.165) is 43.2 Å². The van der Waals surface area contributed by atoms with Crippen molar-refractivity contribution in [1.82, 2.24) is 34.5 Å². The molecule has 10 nitrogen and oxygen atoms in total. The number of nitrogens with zero attached hydrogens (tertiary/aromatic N) is 8. The van der Waals surface area contributed by atoms with Gasteiger partial charge in [0.2, 0.25) is 5.88 Å². The van der Waals surface area contributed by atoms with E-state index in [9.17, 15) is 4.79 Å². The molecule has 0 radical (unpaired) electrons. The number of carbonyl (C=O) groups is 1. The molecule has 0 bridgehead atoms. The summed E-state index contributed by atoms with van der Waals surface area (Å²) in [6.45, 7) is 1.45. The minimum absolute atomic E-state index is 0.0888. The molecule has 1 saturated heterocycles. The fraction of sp³-hybridized carbons (Fsp3) is 0.526. The molecule has 1 amide bonds. The molecule has 10 heteroatoms. The van der Waals surface area contributed by atoms with Crippen molar-refractivity contribution in [2.75, 3.05) is 32.1 Å². The first-order valence-corrected chi connectivity index (χ1v) is 9.87. The van der Waals surface area contributed by atoms with Gasteiger partial charge >= 0.3 is 0 Å². The van der Waals surface area contributed by atoms with Crippen molar-refractivity contribution < 1.29 is 9.53 Å². The predicted octanol–water partition coefficient (Wildman–Crippen LogP) is 1.09. The van der Waals surface area contributed by atoms with Crippen molar-refractivity contribution in [3.63, 3.8) is 0 Å². The summed E-state index contributed by atoms with van der Waals surface area (Å²) in [5, 5.41) is 17.5. The van der Waals surface area contributed by atoms with Gasteiger partial charge in [-0.2, -0.15) is 4.52 Å². The summed E-state index contributed by atoms with van der Waals surface area (Å²) in [6.07, 6.45) is 5.25. The van der Waals surface area contributed by atoms with E-state index in [2.05, 4.69) is 20.2 Å². The maximum atomic E-state index is 12.9. The average molecular weight is 396 g/mol. The normalized spacial score (nSPS) is 17.3. The number of aromatic nitrogens is 6. The molecule has 2 aliphatic rings. The second kappa shape index (κ2) is 6.71. The van der Waals surface area contributed by atoms with Crippen molar-refractivity contribution in [3.8, 4) is 5.88 Å². The summed E-state index contributed by atoms with van der Waals surface area (Å²) in [7, 11) is 5.12. The van der Waals surface area contributed by atoms with Crippen LogP contribution in [0.15, 0.2) is 18.3 Å². The molecule has 152 valence electrons. The number of amides is 1.